The van der Waals surface area contributed by atoms with Crippen LogP contribution in [0.2, 0.25) is 0 Å². The van der Waals surface area contributed by atoms with Gasteiger partial charge in [0, 0.05) is 39.1 Å². The molecule has 1 atom stereocenters. The highest BCUT2D eigenvalue weighted by Gasteiger charge is 2.14. The van der Waals surface area contributed by atoms with Gasteiger partial charge >= 0.3 is 0 Å². The van der Waals surface area contributed by atoms with Crippen molar-refractivity contribution in [2.75, 3.05) is 33.4 Å². The van der Waals surface area contributed by atoms with Crippen molar-refractivity contribution >= 4 is 5.91 Å². The fourth-order valence-electron chi connectivity index (χ4n) is 1.51. The first-order chi connectivity index (χ1) is 8.75. The van der Waals surface area contributed by atoms with Crippen molar-refractivity contribution in [1.29, 1.82) is 0 Å². The number of aromatic nitrogens is 1. The molecule has 0 fully saturated rings. The number of carbonyl (C=O) groups excluding carboxylic acids is 1. The zero-order valence-electron chi connectivity index (χ0n) is 11.0. The number of nitrogens with one attached hydrogen (secondary N) is 2. The summed E-state index contributed by atoms with van der Waals surface area (Å²) in [6.07, 6.45) is 3.43. The molecule has 5 nitrogen and oxygen atoms in total. The van der Waals surface area contributed by atoms with E-state index in [1.807, 2.05) is 19.1 Å². The zero-order chi connectivity index (χ0) is 13.2. The smallest absolute Gasteiger partial charge is 0.227 e. The Morgan fingerprint density at radius 2 is 2.28 bits per heavy atom. The molecule has 0 aromatic carbocycles. The van der Waals surface area contributed by atoms with E-state index in [9.17, 15) is 4.79 Å². The van der Waals surface area contributed by atoms with Crippen LogP contribution in [0.5, 0.6) is 0 Å². The second kappa shape index (κ2) is 8.60. The Hall–Kier alpha value is -1.46. The third-order valence-electron chi connectivity index (χ3n) is 2.66. The Bertz CT molecular complexity index is 343. The standard InChI is InChI=1S/C13H21N3O2/c1-11(12-4-3-5-15-10-12)13(17)16-7-6-14-8-9-18-2/h3-5,10-11,14H,6-9H2,1-2H3,(H,16,17). The minimum Gasteiger partial charge on any atom is -0.383 e. The van der Waals surface area contributed by atoms with Gasteiger partial charge in [-0.3, -0.25) is 9.78 Å². The third kappa shape index (κ3) is 5.25. The molecule has 0 aliphatic rings. The number of hydrogen-bond donors (Lipinski definition) is 2. The SMILES string of the molecule is COCCNCCNC(=O)C(C)c1cccnc1. The topological polar surface area (TPSA) is 63.2 Å². The van der Waals surface area contributed by atoms with E-state index in [2.05, 4.69) is 15.6 Å². The van der Waals surface area contributed by atoms with Crippen molar-refractivity contribution in [3.8, 4) is 0 Å². The van der Waals surface area contributed by atoms with E-state index in [1.54, 1.807) is 19.5 Å². The highest BCUT2D eigenvalue weighted by molar-refractivity contribution is 5.83. The molecular weight excluding hydrogens is 230 g/mol. The molecule has 0 bridgehead atoms. The van der Waals surface area contributed by atoms with Crippen LogP contribution in [-0.2, 0) is 9.53 Å². The number of carbonyl (C=O) groups is 1. The molecule has 1 amide bonds. The van der Waals surface area contributed by atoms with Crippen LogP contribution in [0.1, 0.15) is 18.4 Å². The van der Waals surface area contributed by atoms with Crippen molar-refractivity contribution in [3.05, 3.63) is 30.1 Å². The molecule has 0 radical (unpaired) electrons. The Balaban J connectivity index is 2.20. The van der Waals surface area contributed by atoms with Gasteiger partial charge < -0.3 is 15.4 Å². The summed E-state index contributed by atoms with van der Waals surface area (Å²) in [6.45, 7) is 4.72. The fourth-order valence-corrected chi connectivity index (χ4v) is 1.51. The molecule has 1 aromatic rings. The number of methoxy groups -OCH3 is 1. The maximum Gasteiger partial charge on any atom is 0.227 e. The Morgan fingerprint density at radius 3 is 2.94 bits per heavy atom. The van der Waals surface area contributed by atoms with Gasteiger partial charge in [0.15, 0.2) is 0 Å². The van der Waals surface area contributed by atoms with E-state index >= 15 is 0 Å². The summed E-state index contributed by atoms with van der Waals surface area (Å²) >= 11 is 0. The van der Waals surface area contributed by atoms with Gasteiger partial charge in [0.1, 0.15) is 0 Å². The molecule has 2 N–H and O–H groups in total. The third-order valence-corrected chi connectivity index (χ3v) is 2.66. The second-order valence-corrected chi connectivity index (χ2v) is 4.04. The first kappa shape index (κ1) is 14.6. The summed E-state index contributed by atoms with van der Waals surface area (Å²) in [5, 5.41) is 6.06. The largest absolute Gasteiger partial charge is 0.383 e. The van der Waals surface area contributed by atoms with E-state index in [4.69, 9.17) is 4.74 Å². The predicted molar refractivity (Wildman–Crippen MR) is 70.4 cm³/mol. The first-order valence-corrected chi connectivity index (χ1v) is 6.13. The van der Waals surface area contributed by atoms with Gasteiger partial charge in [-0.1, -0.05) is 6.07 Å². The van der Waals surface area contributed by atoms with Crippen molar-refractivity contribution in [3.63, 3.8) is 0 Å². The first-order valence-electron chi connectivity index (χ1n) is 6.13. The average Bonchev–Trinajstić information content (AvgIpc) is 2.42. The van der Waals surface area contributed by atoms with Crippen molar-refractivity contribution in [2.24, 2.45) is 0 Å². The molecule has 0 aliphatic heterocycles. The molecular formula is C13H21N3O2. The lowest BCUT2D eigenvalue weighted by Crippen LogP contribution is -2.35. The number of ether oxygens (including phenoxy) is 1. The van der Waals surface area contributed by atoms with Gasteiger partial charge in [-0.05, 0) is 18.6 Å². The fraction of sp³-hybridized carbons (Fsp3) is 0.538. The quantitative estimate of drug-likeness (QED) is 0.662. The summed E-state index contributed by atoms with van der Waals surface area (Å²) in [7, 11) is 1.67. The van der Waals surface area contributed by atoms with Crippen molar-refractivity contribution < 1.29 is 9.53 Å². The van der Waals surface area contributed by atoms with Gasteiger partial charge in [-0.15, -0.1) is 0 Å². The van der Waals surface area contributed by atoms with Crippen molar-refractivity contribution in [1.82, 2.24) is 15.6 Å². The van der Waals surface area contributed by atoms with Gasteiger partial charge in [0.05, 0.1) is 12.5 Å². The lowest BCUT2D eigenvalue weighted by molar-refractivity contribution is -0.122. The lowest BCUT2D eigenvalue weighted by atomic mass is 10.0. The molecule has 1 unspecified atom stereocenters. The normalized spacial score (nSPS) is 12.1. The van der Waals surface area contributed by atoms with Crippen LogP contribution >= 0.6 is 0 Å². The molecule has 0 aliphatic carbocycles. The maximum atomic E-state index is 11.8. The Labute approximate surface area is 108 Å². The molecule has 1 rings (SSSR count). The van der Waals surface area contributed by atoms with Crippen LogP contribution in [0, 0.1) is 0 Å². The summed E-state index contributed by atoms with van der Waals surface area (Å²) in [5.41, 5.74) is 0.933. The summed E-state index contributed by atoms with van der Waals surface area (Å²) < 4.78 is 4.91. The van der Waals surface area contributed by atoms with Crippen molar-refractivity contribution in [2.45, 2.75) is 12.8 Å². The number of rotatable bonds is 8. The number of pyridine rings is 1. The Morgan fingerprint density at radius 1 is 1.44 bits per heavy atom. The number of amides is 1. The van der Waals surface area contributed by atoms with Gasteiger partial charge in [0.25, 0.3) is 0 Å². The number of hydrogen-bond acceptors (Lipinski definition) is 4. The second-order valence-electron chi connectivity index (χ2n) is 4.04. The van der Waals surface area contributed by atoms with Crippen LogP contribution in [-0.4, -0.2) is 44.2 Å². The molecule has 18 heavy (non-hydrogen) atoms. The summed E-state index contributed by atoms with van der Waals surface area (Å²) in [5.74, 6) is -0.144. The van der Waals surface area contributed by atoms with Crippen LogP contribution in [0.15, 0.2) is 24.5 Å². The van der Waals surface area contributed by atoms with E-state index in [1.165, 1.54) is 0 Å². The van der Waals surface area contributed by atoms with Crippen LogP contribution in [0.25, 0.3) is 0 Å². The van der Waals surface area contributed by atoms with Crippen LogP contribution in [0.3, 0.4) is 0 Å². The maximum absolute atomic E-state index is 11.8. The minimum atomic E-state index is -0.169. The van der Waals surface area contributed by atoms with E-state index < -0.39 is 0 Å². The van der Waals surface area contributed by atoms with E-state index in [-0.39, 0.29) is 11.8 Å². The minimum absolute atomic E-state index is 0.0246. The highest BCUT2D eigenvalue weighted by atomic mass is 16.5. The molecule has 1 heterocycles. The molecule has 1 aromatic heterocycles. The highest BCUT2D eigenvalue weighted by Crippen LogP contribution is 2.12. The molecule has 100 valence electrons. The van der Waals surface area contributed by atoms with E-state index in [0.29, 0.717) is 13.2 Å². The Kier molecular flexibility index (Phi) is 6.98. The van der Waals surface area contributed by atoms with Crippen LogP contribution in [0.4, 0.5) is 0 Å². The molecule has 0 saturated carbocycles. The zero-order valence-corrected chi connectivity index (χ0v) is 11.0. The summed E-state index contributed by atoms with van der Waals surface area (Å²) in [4.78, 5) is 15.9. The van der Waals surface area contributed by atoms with Gasteiger partial charge in [-0.25, -0.2) is 0 Å². The molecule has 0 spiro atoms. The van der Waals surface area contributed by atoms with E-state index in [0.717, 1.165) is 18.7 Å². The average molecular weight is 251 g/mol. The van der Waals surface area contributed by atoms with Gasteiger partial charge in [-0.2, -0.15) is 0 Å². The number of nitrogens with zero attached hydrogens (tertiary/aromatic N) is 1. The predicted octanol–water partition coefficient (Wildman–Crippen LogP) is 0.537. The monoisotopic (exact) mass is 251 g/mol. The summed E-state index contributed by atoms with van der Waals surface area (Å²) in [6, 6.07) is 3.75. The lowest BCUT2D eigenvalue weighted by Gasteiger charge is -2.12. The van der Waals surface area contributed by atoms with Crippen LogP contribution < -0.4 is 10.6 Å². The molecule has 5 heteroatoms. The molecule has 0 saturated heterocycles. The van der Waals surface area contributed by atoms with Gasteiger partial charge in [0.2, 0.25) is 5.91 Å².